The van der Waals surface area contributed by atoms with Crippen LogP contribution in [-0.2, 0) is 9.53 Å². The van der Waals surface area contributed by atoms with Crippen LogP contribution in [0.5, 0.6) is 0 Å². The topological polar surface area (TPSA) is 77.3 Å². The minimum Gasteiger partial charge on any atom is -0.451 e. The highest BCUT2D eigenvalue weighted by atomic mass is 35.5. The first kappa shape index (κ1) is 18.4. The summed E-state index contributed by atoms with van der Waals surface area (Å²) < 4.78 is 5.16. The van der Waals surface area contributed by atoms with Gasteiger partial charge in [0.2, 0.25) is 0 Å². The summed E-state index contributed by atoms with van der Waals surface area (Å²) in [5, 5.41) is 8.94. The van der Waals surface area contributed by atoms with Crippen LogP contribution >= 0.6 is 11.6 Å². The van der Waals surface area contributed by atoms with Crippen LogP contribution in [0.3, 0.4) is 0 Å². The van der Waals surface area contributed by atoms with Crippen molar-refractivity contribution in [2.75, 3.05) is 19.7 Å². The number of amides is 1. The van der Waals surface area contributed by atoms with E-state index in [0.29, 0.717) is 35.4 Å². The molecular formula is C18H21ClN4O3. The number of carbonyl (C=O) groups excluding carboxylic acids is 2. The predicted octanol–water partition coefficient (Wildman–Crippen LogP) is 2.64. The summed E-state index contributed by atoms with van der Waals surface area (Å²) in [6, 6.07) is 6.98. The second-order valence-electron chi connectivity index (χ2n) is 6.57. The van der Waals surface area contributed by atoms with Crippen LogP contribution in [0.25, 0.3) is 5.69 Å². The number of hydrogen-bond acceptors (Lipinski definition) is 5. The quantitative estimate of drug-likeness (QED) is 0.766. The highest BCUT2D eigenvalue weighted by molar-refractivity contribution is 6.30. The van der Waals surface area contributed by atoms with Gasteiger partial charge >= 0.3 is 5.97 Å². The van der Waals surface area contributed by atoms with E-state index in [-0.39, 0.29) is 18.2 Å². The Morgan fingerprint density at radius 2 is 2.15 bits per heavy atom. The molecule has 3 rings (SSSR count). The molecule has 7 nitrogen and oxygen atoms in total. The Bertz CT molecular complexity index is 821. The molecule has 1 aromatic carbocycles. The van der Waals surface area contributed by atoms with Crippen molar-refractivity contribution in [3.05, 3.63) is 40.7 Å². The third-order valence-corrected chi connectivity index (χ3v) is 4.59. The molecule has 1 aliphatic heterocycles. The van der Waals surface area contributed by atoms with Gasteiger partial charge in [0.25, 0.3) is 5.91 Å². The number of halogens is 1. The van der Waals surface area contributed by atoms with Gasteiger partial charge in [0, 0.05) is 18.1 Å². The van der Waals surface area contributed by atoms with Gasteiger partial charge in [0.15, 0.2) is 12.3 Å². The molecule has 1 aliphatic rings. The summed E-state index contributed by atoms with van der Waals surface area (Å²) in [5.74, 6) is -0.359. The molecule has 26 heavy (non-hydrogen) atoms. The fourth-order valence-electron chi connectivity index (χ4n) is 2.99. The molecule has 1 aromatic heterocycles. The van der Waals surface area contributed by atoms with E-state index < -0.39 is 5.97 Å². The van der Waals surface area contributed by atoms with E-state index in [1.54, 1.807) is 36.1 Å². The number of benzene rings is 1. The number of ether oxygens (including phenoxy) is 1. The van der Waals surface area contributed by atoms with Gasteiger partial charge in [-0.05, 0) is 43.9 Å². The fourth-order valence-corrected chi connectivity index (χ4v) is 3.17. The molecule has 0 aliphatic carbocycles. The normalized spacial score (nSPS) is 17.2. The Morgan fingerprint density at radius 1 is 1.35 bits per heavy atom. The molecule has 2 heterocycles. The lowest BCUT2D eigenvalue weighted by atomic mass is 10.0. The number of aryl methyl sites for hydroxylation is 1. The number of esters is 1. The van der Waals surface area contributed by atoms with E-state index in [4.69, 9.17) is 16.3 Å². The average Bonchev–Trinajstić information content (AvgIpc) is 3.01. The molecule has 1 atom stereocenters. The molecule has 1 saturated heterocycles. The summed E-state index contributed by atoms with van der Waals surface area (Å²) in [4.78, 5) is 27.6. The van der Waals surface area contributed by atoms with Gasteiger partial charge < -0.3 is 9.64 Å². The average molecular weight is 377 g/mol. The minimum absolute atomic E-state index is 0.0878. The van der Waals surface area contributed by atoms with E-state index in [2.05, 4.69) is 17.1 Å². The van der Waals surface area contributed by atoms with Crippen molar-refractivity contribution >= 4 is 23.5 Å². The lowest BCUT2D eigenvalue weighted by Crippen LogP contribution is -2.41. The molecule has 2 aromatic rings. The van der Waals surface area contributed by atoms with Gasteiger partial charge in [-0.25, -0.2) is 4.79 Å². The predicted molar refractivity (Wildman–Crippen MR) is 96.4 cm³/mol. The van der Waals surface area contributed by atoms with Crippen LogP contribution in [0, 0.1) is 12.8 Å². The van der Waals surface area contributed by atoms with Gasteiger partial charge in [-0.15, -0.1) is 5.10 Å². The van der Waals surface area contributed by atoms with Gasteiger partial charge in [-0.3, -0.25) is 4.79 Å². The largest absolute Gasteiger partial charge is 0.451 e. The number of carbonyl (C=O) groups is 2. The van der Waals surface area contributed by atoms with Crippen molar-refractivity contribution in [1.82, 2.24) is 19.9 Å². The zero-order valence-electron chi connectivity index (χ0n) is 14.8. The molecule has 0 unspecified atom stereocenters. The molecule has 0 saturated carbocycles. The SMILES string of the molecule is Cc1nn(-c2cccc(Cl)c2)nc1C(=O)OCC(=O)N1CCC[C@@H](C)C1. The van der Waals surface area contributed by atoms with Gasteiger partial charge in [-0.2, -0.15) is 9.90 Å². The smallest absolute Gasteiger partial charge is 0.361 e. The number of piperidine rings is 1. The summed E-state index contributed by atoms with van der Waals surface area (Å²) in [5.41, 5.74) is 1.15. The molecule has 0 bridgehead atoms. The Kier molecular flexibility index (Phi) is 5.56. The van der Waals surface area contributed by atoms with Gasteiger partial charge in [0.1, 0.15) is 0 Å². The number of nitrogens with zero attached hydrogens (tertiary/aromatic N) is 4. The van der Waals surface area contributed by atoms with E-state index in [9.17, 15) is 9.59 Å². The van der Waals surface area contributed by atoms with E-state index in [1.807, 2.05) is 0 Å². The van der Waals surface area contributed by atoms with Crippen molar-refractivity contribution in [2.24, 2.45) is 5.92 Å². The molecule has 1 amide bonds. The number of hydrogen-bond donors (Lipinski definition) is 0. The molecule has 8 heteroatoms. The van der Waals surface area contributed by atoms with Crippen LogP contribution in [0.1, 0.15) is 35.9 Å². The molecule has 1 fully saturated rings. The molecule has 0 radical (unpaired) electrons. The maximum absolute atomic E-state index is 12.3. The number of rotatable bonds is 4. The second kappa shape index (κ2) is 7.86. The zero-order chi connectivity index (χ0) is 18.7. The fraction of sp³-hybridized carbons (Fsp3) is 0.444. The van der Waals surface area contributed by atoms with Crippen LogP contribution < -0.4 is 0 Å². The summed E-state index contributed by atoms with van der Waals surface area (Å²) in [7, 11) is 0. The summed E-state index contributed by atoms with van der Waals surface area (Å²) in [6.45, 7) is 4.92. The second-order valence-corrected chi connectivity index (χ2v) is 7.00. The van der Waals surface area contributed by atoms with E-state index in [1.165, 1.54) is 4.80 Å². The van der Waals surface area contributed by atoms with E-state index in [0.717, 1.165) is 12.8 Å². The standard InChI is InChI=1S/C18H21ClN4O3/c1-12-5-4-8-22(10-12)16(24)11-26-18(25)17-13(2)20-23(21-17)15-7-3-6-14(19)9-15/h3,6-7,9,12H,4-5,8,10-11H2,1-2H3/t12-/m1/s1. The Balaban J connectivity index is 1.64. The maximum atomic E-state index is 12.3. The number of likely N-dealkylation sites (tertiary alicyclic amines) is 1. The Labute approximate surface area is 156 Å². The van der Waals surface area contributed by atoms with Crippen LogP contribution in [0.2, 0.25) is 5.02 Å². The first-order chi connectivity index (χ1) is 12.4. The van der Waals surface area contributed by atoms with Crippen molar-refractivity contribution in [1.29, 1.82) is 0 Å². The first-order valence-electron chi connectivity index (χ1n) is 8.59. The van der Waals surface area contributed by atoms with Gasteiger partial charge in [-0.1, -0.05) is 24.6 Å². The van der Waals surface area contributed by atoms with Crippen molar-refractivity contribution in [2.45, 2.75) is 26.7 Å². The molecular weight excluding hydrogens is 356 g/mol. The Hall–Kier alpha value is -2.41. The van der Waals surface area contributed by atoms with Crippen LogP contribution in [0.15, 0.2) is 24.3 Å². The maximum Gasteiger partial charge on any atom is 0.361 e. The summed E-state index contributed by atoms with van der Waals surface area (Å²) in [6.07, 6.45) is 2.10. The first-order valence-corrected chi connectivity index (χ1v) is 8.96. The highest BCUT2D eigenvalue weighted by Crippen LogP contribution is 2.16. The Morgan fingerprint density at radius 3 is 2.88 bits per heavy atom. The van der Waals surface area contributed by atoms with Crippen molar-refractivity contribution in [3.8, 4) is 5.69 Å². The third kappa shape index (κ3) is 4.22. The van der Waals surface area contributed by atoms with Gasteiger partial charge in [0.05, 0.1) is 11.4 Å². The third-order valence-electron chi connectivity index (χ3n) is 4.35. The molecule has 0 spiro atoms. The lowest BCUT2D eigenvalue weighted by molar-refractivity contribution is -0.136. The van der Waals surface area contributed by atoms with Crippen LogP contribution in [-0.4, -0.2) is 51.5 Å². The lowest BCUT2D eigenvalue weighted by Gasteiger charge is -2.30. The summed E-state index contributed by atoms with van der Waals surface area (Å²) >= 11 is 5.97. The van der Waals surface area contributed by atoms with Crippen LogP contribution in [0.4, 0.5) is 0 Å². The van der Waals surface area contributed by atoms with E-state index >= 15 is 0 Å². The van der Waals surface area contributed by atoms with Crippen molar-refractivity contribution in [3.63, 3.8) is 0 Å². The molecule has 138 valence electrons. The highest BCUT2D eigenvalue weighted by Gasteiger charge is 2.24. The minimum atomic E-state index is -0.658. The monoisotopic (exact) mass is 376 g/mol. The van der Waals surface area contributed by atoms with Crippen molar-refractivity contribution < 1.29 is 14.3 Å². The number of aromatic nitrogens is 3. The zero-order valence-corrected chi connectivity index (χ0v) is 15.6. The molecule has 0 N–H and O–H groups in total.